The Hall–Kier alpha value is -1.74. The lowest BCUT2D eigenvalue weighted by atomic mass is 10.1. The summed E-state index contributed by atoms with van der Waals surface area (Å²) in [4.78, 5) is 15.4. The van der Waals surface area contributed by atoms with Crippen LogP contribution in [0.25, 0.3) is 11.2 Å². The van der Waals surface area contributed by atoms with E-state index in [0.29, 0.717) is 24.6 Å². The molecule has 3 rings (SSSR count). The summed E-state index contributed by atoms with van der Waals surface area (Å²) in [6.07, 6.45) is 5.81. The zero-order chi connectivity index (χ0) is 14.2. The molecule has 1 aliphatic heterocycles. The average molecular weight is 296 g/mol. The minimum atomic E-state index is -3.08. The van der Waals surface area contributed by atoms with Crippen LogP contribution in [0.5, 0.6) is 0 Å². The molecule has 0 amide bonds. The van der Waals surface area contributed by atoms with E-state index in [1.807, 2.05) is 0 Å². The highest BCUT2D eigenvalue weighted by Crippen LogP contribution is 2.20. The molecule has 0 bridgehead atoms. The van der Waals surface area contributed by atoms with Gasteiger partial charge < -0.3 is 10.3 Å². The van der Waals surface area contributed by atoms with Crippen LogP contribution >= 0.6 is 0 Å². The number of anilines is 1. The van der Waals surface area contributed by atoms with E-state index in [0.717, 1.165) is 18.4 Å². The van der Waals surface area contributed by atoms with Crippen LogP contribution in [0.2, 0.25) is 0 Å². The highest BCUT2D eigenvalue weighted by Gasteiger charge is 2.25. The Morgan fingerprint density at radius 3 is 2.75 bits per heavy atom. The Morgan fingerprint density at radius 2 is 2.05 bits per heavy atom. The molecule has 2 aromatic rings. The number of piperidine rings is 1. The quantitative estimate of drug-likeness (QED) is 0.838. The molecule has 2 N–H and O–H groups in total. The zero-order valence-electron chi connectivity index (χ0n) is 11.1. The normalized spacial score (nSPS) is 18.4. The maximum Gasteiger partial charge on any atom is 0.211 e. The molecule has 1 saturated heterocycles. The average Bonchev–Trinajstić information content (AvgIpc) is 2.88. The van der Waals surface area contributed by atoms with Crippen LogP contribution < -0.4 is 5.32 Å². The number of nitrogens with one attached hydrogen (secondary N) is 2. The molecular formula is C11H16N6O2S. The number of imidazole rings is 1. The van der Waals surface area contributed by atoms with Gasteiger partial charge in [-0.2, -0.15) is 0 Å². The summed E-state index contributed by atoms with van der Waals surface area (Å²) in [6.45, 7) is 1.07. The van der Waals surface area contributed by atoms with E-state index >= 15 is 0 Å². The van der Waals surface area contributed by atoms with E-state index in [2.05, 4.69) is 25.3 Å². The summed E-state index contributed by atoms with van der Waals surface area (Å²) >= 11 is 0. The first-order chi connectivity index (χ1) is 9.54. The number of nitrogens with zero attached hydrogens (tertiary/aromatic N) is 4. The van der Waals surface area contributed by atoms with Gasteiger partial charge in [0.2, 0.25) is 10.0 Å². The van der Waals surface area contributed by atoms with Crippen LogP contribution in [0.3, 0.4) is 0 Å². The summed E-state index contributed by atoms with van der Waals surface area (Å²) in [7, 11) is -3.08. The standard InChI is InChI=1S/C11H16N6O2S/c1-20(18,19)17-4-2-8(3-5-17)16-11-9-10(13-6-12-9)14-7-15-11/h6-8H,2-5H2,1H3,(H2,12,13,14,15,16). The lowest BCUT2D eigenvalue weighted by Gasteiger charge is -2.30. The summed E-state index contributed by atoms with van der Waals surface area (Å²) in [5, 5.41) is 3.34. The van der Waals surface area contributed by atoms with Crippen molar-refractivity contribution in [3.05, 3.63) is 12.7 Å². The maximum absolute atomic E-state index is 11.5. The lowest BCUT2D eigenvalue weighted by Crippen LogP contribution is -2.41. The molecule has 1 aliphatic rings. The van der Waals surface area contributed by atoms with Crippen LogP contribution in [-0.2, 0) is 10.0 Å². The van der Waals surface area contributed by atoms with Crippen molar-refractivity contribution < 1.29 is 8.42 Å². The fourth-order valence-electron chi connectivity index (χ4n) is 2.40. The van der Waals surface area contributed by atoms with Gasteiger partial charge in [0, 0.05) is 19.1 Å². The Morgan fingerprint density at radius 1 is 1.30 bits per heavy atom. The predicted molar refractivity (Wildman–Crippen MR) is 74.7 cm³/mol. The lowest BCUT2D eigenvalue weighted by molar-refractivity contribution is 0.331. The molecule has 2 aromatic heterocycles. The van der Waals surface area contributed by atoms with Crippen molar-refractivity contribution >= 4 is 27.0 Å². The maximum atomic E-state index is 11.5. The summed E-state index contributed by atoms with van der Waals surface area (Å²) in [5.41, 5.74) is 1.40. The van der Waals surface area contributed by atoms with Crippen LogP contribution in [0, 0.1) is 0 Å². The van der Waals surface area contributed by atoms with Gasteiger partial charge in [-0.3, -0.25) is 0 Å². The van der Waals surface area contributed by atoms with Crippen LogP contribution in [0.4, 0.5) is 5.82 Å². The van der Waals surface area contributed by atoms with E-state index < -0.39 is 10.0 Å². The minimum absolute atomic E-state index is 0.203. The van der Waals surface area contributed by atoms with Gasteiger partial charge in [0.15, 0.2) is 11.5 Å². The van der Waals surface area contributed by atoms with E-state index in [1.165, 1.54) is 16.9 Å². The largest absolute Gasteiger partial charge is 0.365 e. The third-order valence-corrected chi connectivity index (χ3v) is 4.79. The zero-order valence-corrected chi connectivity index (χ0v) is 11.9. The van der Waals surface area contributed by atoms with Gasteiger partial charge in [-0.25, -0.2) is 27.7 Å². The van der Waals surface area contributed by atoms with Gasteiger partial charge in [0.1, 0.15) is 11.8 Å². The van der Waals surface area contributed by atoms with Crippen LogP contribution in [0.15, 0.2) is 12.7 Å². The highest BCUT2D eigenvalue weighted by molar-refractivity contribution is 7.88. The predicted octanol–water partition coefficient (Wildman–Crippen LogP) is 0.189. The molecule has 0 unspecified atom stereocenters. The number of H-pyrrole nitrogens is 1. The second-order valence-corrected chi connectivity index (χ2v) is 6.89. The smallest absolute Gasteiger partial charge is 0.211 e. The number of sulfonamides is 1. The third kappa shape index (κ3) is 2.59. The van der Waals surface area contributed by atoms with Crippen molar-refractivity contribution in [3.8, 4) is 0 Å². The Labute approximate surface area is 116 Å². The Kier molecular flexibility index (Phi) is 3.30. The summed E-state index contributed by atoms with van der Waals surface area (Å²) < 4.78 is 24.4. The second-order valence-electron chi connectivity index (χ2n) is 4.90. The molecule has 0 spiro atoms. The molecule has 20 heavy (non-hydrogen) atoms. The number of aromatic nitrogens is 4. The summed E-state index contributed by atoms with van der Waals surface area (Å²) in [6, 6.07) is 0.203. The molecule has 0 aliphatic carbocycles. The molecule has 9 heteroatoms. The van der Waals surface area contributed by atoms with Gasteiger partial charge in [-0.05, 0) is 12.8 Å². The van der Waals surface area contributed by atoms with Crippen molar-refractivity contribution in [2.45, 2.75) is 18.9 Å². The molecular weight excluding hydrogens is 280 g/mol. The van der Waals surface area contributed by atoms with Crippen molar-refractivity contribution in [1.29, 1.82) is 0 Å². The van der Waals surface area contributed by atoms with Crippen LogP contribution in [-0.4, -0.2) is 58.0 Å². The van der Waals surface area contributed by atoms with Crippen molar-refractivity contribution in [2.24, 2.45) is 0 Å². The van der Waals surface area contributed by atoms with Gasteiger partial charge in [0.05, 0.1) is 12.6 Å². The van der Waals surface area contributed by atoms with Gasteiger partial charge >= 0.3 is 0 Å². The molecule has 8 nitrogen and oxygen atoms in total. The number of rotatable bonds is 3. The van der Waals surface area contributed by atoms with E-state index in [4.69, 9.17) is 0 Å². The van der Waals surface area contributed by atoms with E-state index in [-0.39, 0.29) is 6.04 Å². The summed E-state index contributed by atoms with van der Waals surface area (Å²) in [5.74, 6) is 0.713. The van der Waals surface area contributed by atoms with E-state index in [1.54, 1.807) is 6.33 Å². The topological polar surface area (TPSA) is 104 Å². The fraction of sp³-hybridized carbons (Fsp3) is 0.545. The fourth-order valence-corrected chi connectivity index (χ4v) is 3.27. The number of hydrogen-bond donors (Lipinski definition) is 2. The monoisotopic (exact) mass is 296 g/mol. The molecule has 108 valence electrons. The number of aromatic amines is 1. The highest BCUT2D eigenvalue weighted by atomic mass is 32.2. The van der Waals surface area contributed by atoms with Gasteiger partial charge in [0.25, 0.3) is 0 Å². The second kappa shape index (κ2) is 4.98. The molecule has 3 heterocycles. The number of fused-ring (bicyclic) bond motifs is 1. The molecule has 0 saturated carbocycles. The van der Waals surface area contributed by atoms with Gasteiger partial charge in [-0.1, -0.05) is 0 Å². The van der Waals surface area contributed by atoms with Crippen molar-refractivity contribution in [3.63, 3.8) is 0 Å². The van der Waals surface area contributed by atoms with Crippen molar-refractivity contribution in [2.75, 3.05) is 24.7 Å². The molecule has 0 aromatic carbocycles. The SMILES string of the molecule is CS(=O)(=O)N1CCC(Nc2ncnc3nc[nH]c23)CC1. The van der Waals surface area contributed by atoms with Gasteiger partial charge in [-0.15, -0.1) is 0 Å². The molecule has 0 atom stereocenters. The number of hydrogen-bond acceptors (Lipinski definition) is 6. The van der Waals surface area contributed by atoms with Crippen LogP contribution in [0.1, 0.15) is 12.8 Å². The van der Waals surface area contributed by atoms with E-state index in [9.17, 15) is 8.42 Å². The first-order valence-electron chi connectivity index (χ1n) is 6.40. The molecule has 1 fully saturated rings. The molecule has 0 radical (unpaired) electrons. The Balaban J connectivity index is 1.70. The first-order valence-corrected chi connectivity index (χ1v) is 8.24. The first kappa shape index (κ1) is 13.3. The Bertz CT molecular complexity index is 705. The minimum Gasteiger partial charge on any atom is -0.365 e. The third-order valence-electron chi connectivity index (χ3n) is 3.49. The van der Waals surface area contributed by atoms with Crippen molar-refractivity contribution in [1.82, 2.24) is 24.2 Å².